The summed E-state index contributed by atoms with van der Waals surface area (Å²) in [6.07, 6.45) is 0. The lowest BCUT2D eigenvalue weighted by Gasteiger charge is -2.20. The molecule has 3 heteroatoms. The summed E-state index contributed by atoms with van der Waals surface area (Å²) in [5.74, 6) is 3.05. The summed E-state index contributed by atoms with van der Waals surface area (Å²) in [5, 5.41) is 0. The van der Waals surface area contributed by atoms with Crippen molar-refractivity contribution < 1.29 is 9.53 Å². The van der Waals surface area contributed by atoms with Crippen molar-refractivity contribution in [2.75, 3.05) is 7.11 Å². The molecule has 0 bridgehead atoms. The van der Waals surface area contributed by atoms with E-state index in [0.717, 1.165) is 11.1 Å². The lowest BCUT2D eigenvalue weighted by molar-refractivity contribution is 0.0600. The molecule has 0 radical (unpaired) electrons. The first-order valence-corrected chi connectivity index (χ1v) is 9.86. The number of benzene rings is 1. The monoisotopic (exact) mass is 288 g/mol. The van der Waals surface area contributed by atoms with Gasteiger partial charge in [-0.1, -0.05) is 26.7 Å². The topological polar surface area (TPSA) is 26.3 Å². The maximum absolute atomic E-state index is 11.5. The molecule has 0 heterocycles. The van der Waals surface area contributed by atoms with Crippen LogP contribution < -0.4 is 0 Å². The van der Waals surface area contributed by atoms with E-state index < -0.39 is 8.07 Å². The van der Waals surface area contributed by atoms with E-state index in [9.17, 15) is 4.79 Å². The van der Waals surface area contributed by atoms with Crippen molar-refractivity contribution >= 4 is 14.0 Å². The van der Waals surface area contributed by atoms with Gasteiger partial charge in [-0.15, -0.1) is 5.54 Å². The van der Waals surface area contributed by atoms with Crippen LogP contribution in [0.3, 0.4) is 0 Å². The standard InChI is InChI=1S/C17H24O2Si/c1-6-20(7-2,8-3)12-11-15-9-10-16(13-14(15)4)17(18)19-5/h9-10,13H,6-8H2,1-5H3. The largest absolute Gasteiger partial charge is 0.465 e. The van der Waals surface area contributed by atoms with E-state index in [1.807, 2.05) is 19.1 Å². The lowest BCUT2D eigenvalue weighted by Crippen LogP contribution is -2.29. The highest BCUT2D eigenvalue weighted by Gasteiger charge is 2.24. The highest BCUT2D eigenvalue weighted by atomic mass is 28.3. The molecule has 0 spiro atoms. The van der Waals surface area contributed by atoms with Crippen molar-refractivity contribution in [2.24, 2.45) is 0 Å². The number of hydrogen-bond acceptors (Lipinski definition) is 2. The number of carbonyl (C=O) groups is 1. The highest BCUT2D eigenvalue weighted by Crippen LogP contribution is 2.19. The van der Waals surface area contributed by atoms with Gasteiger partial charge >= 0.3 is 5.97 Å². The molecule has 0 atom stereocenters. The summed E-state index contributed by atoms with van der Waals surface area (Å²) in [7, 11) is -0.0203. The molecule has 0 aromatic heterocycles. The second-order valence-corrected chi connectivity index (χ2v) is 10.0. The highest BCUT2D eigenvalue weighted by molar-refractivity contribution is 6.87. The molecule has 0 saturated heterocycles. The molecule has 0 saturated carbocycles. The molecule has 0 aliphatic carbocycles. The van der Waals surface area contributed by atoms with Crippen molar-refractivity contribution in [3.63, 3.8) is 0 Å². The Morgan fingerprint density at radius 2 is 1.80 bits per heavy atom. The van der Waals surface area contributed by atoms with Gasteiger partial charge in [0.15, 0.2) is 0 Å². The van der Waals surface area contributed by atoms with Crippen LogP contribution in [0, 0.1) is 18.4 Å². The van der Waals surface area contributed by atoms with Gasteiger partial charge in [0.1, 0.15) is 8.07 Å². The van der Waals surface area contributed by atoms with Crippen molar-refractivity contribution in [1.82, 2.24) is 0 Å². The average molecular weight is 288 g/mol. The molecule has 0 amide bonds. The Morgan fingerprint density at radius 3 is 2.25 bits per heavy atom. The van der Waals surface area contributed by atoms with Gasteiger partial charge in [0.25, 0.3) is 0 Å². The SMILES string of the molecule is CC[Si](C#Cc1ccc(C(=O)OC)cc1C)(CC)CC. The van der Waals surface area contributed by atoms with E-state index in [1.54, 1.807) is 6.07 Å². The summed E-state index contributed by atoms with van der Waals surface area (Å²) in [4.78, 5) is 11.5. The third kappa shape index (κ3) is 3.74. The zero-order valence-corrected chi connectivity index (χ0v) is 14.2. The Hall–Kier alpha value is -1.53. The first kappa shape index (κ1) is 16.5. The molecule has 0 N–H and O–H groups in total. The Bertz CT molecular complexity index is 525. The summed E-state index contributed by atoms with van der Waals surface area (Å²) in [5.41, 5.74) is 6.21. The third-order valence-corrected chi connectivity index (χ3v) is 8.86. The minimum atomic E-state index is -1.42. The normalized spacial score (nSPS) is 10.7. The number of ether oxygens (including phenoxy) is 1. The average Bonchev–Trinajstić information content (AvgIpc) is 2.49. The maximum Gasteiger partial charge on any atom is 0.337 e. The quantitative estimate of drug-likeness (QED) is 0.472. The molecule has 0 unspecified atom stereocenters. The number of carbonyl (C=O) groups excluding carboxylic acids is 1. The van der Waals surface area contributed by atoms with E-state index in [0.29, 0.717) is 5.56 Å². The van der Waals surface area contributed by atoms with Crippen LogP contribution in [0.2, 0.25) is 18.1 Å². The minimum absolute atomic E-state index is 0.299. The predicted molar refractivity (Wildman–Crippen MR) is 86.6 cm³/mol. The first-order valence-electron chi connectivity index (χ1n) is 7.24. The first-order chi connectivity index (χ1) is 9.51. The van der Waals surface area contributed by atoms with E-state index in [-0.39, 0.29) is 5.97 Å². The van der Waals surface area contributed by atoms with Gasteiger partial charge in [-0.2, -0.15) is 0 Å². The molecule has 108 valence electrons. The van der Waals surface area contributed by atoms with Crippen molar-refractivity contribution in [1.29, 1.82) is 0 Å². The van der Waals surface area contributed by atoms with Gasteiger partial charge in [-0.25, -0.2) is 4.79 Å². The fraction of sp³-hybridized carbons (Fsp3) is 0.471. The summed E-state index contributed by atoms with van der Waals surface area (Å²) in [6.45, 7) is 8.74. The molecular formula is C17H24O2Si. The van der Waals surface area contributed by atoms with Crippen molar-refractivity contribution in [2.45, 2.75) is 45.8 Å². The molecule has 1 aromatic rings. The van der Waals surface area contributed by atoms with E-state index in [1.165, 1.54) is 25.2 Å². The van der Waals surface area contributed by atoms with Gasteiger partial charge in [-0.05, 0) is 48.8 Å². The Morgan fingerprint density at radius 1 is 1.20 bits per heavy atom. The molecule has 2 nitrogen and oxygen atoms in total. The van der Waals surface area contributed by atoms with Gasteiger partial charge in [0.2, 0.25) is 0 Å². The Labute approximate surface area is 123 Å². The van der Waals surface area contributed by atoms with Crippen LogP contribution in [-0.4, -0.2) is 21.2 Å². The number of aryl methyl sites for hydroxylation is 1. The van der Waals surface area contributed by atoms with Crippen molar-refractivity contribution in [3.8, 4) is 11.5 Å². The third-order valence-electron chi connectivity index (χ3n) is 4.14. The van der Waals surface area contributed by atoms with Gasteiger partial charge < -0.3 is 4.74 Å². The number of methoxy groups -OCH3 is 1. The summed E-state index contributed by atoms with van der Waals surface area (Å²) >= 11 is 0. The van der Waals surface area contributed by atoms with E-state index >= 15 is 0 Å². The van der Waals surface area contributed by atoms with E-state index in [2.05, 4.69) is 32.2 Å². The summed E-state index contributed by atoms with van der Waals surface area (Å²) in [6, 6.07) is 9.17. The Kier molecular flexibility index (Phi) is 6.03. The number of hydrogen-bond donors (Lipinski definition) is 0. The Balaban J connectivity index is 3.09. The van der Waals surface area contributed by atoms with Crippen molar-refractivity contribution in [3.05, 3.63) is 34.9 Å². The summed E-state index contributed by atoms with van der Waals surface area (Å²) < 4.78 is 4.73. The van der Waals surface area contributed by atoms with Gasteiger partial charge in [0.05, 0.1) is 12.7 Å². The zero-order chi connectivity index (χ0) is 15.2. The number of esters is 1. The van der Waals surface area contributed by atoms with Crippen LogP contribution >= 0.6 is 0 Å². The van der Waals surface area contributed by atoms with Crippen LogP contribution in [0.4, 0.5) is 0 Å². The second-order valence-electron chi connectivity index (χ2n) is 5.11. The lowest BCUT2D eigenvalue weighted by atomic mass is 10.1. The molecule has 1 rings (SSSR count). The smallest absolute Gasteiger partial charge is 0.337 e. The molecule has 1 aromatic carbocycles. The number of rotatable bonds is 4. The fourth-order valence-corrected chi connectivity index (χ4v) is 4.69. The minimum Gasteiger partial charge on any atom is -0.465 e. The molecule has 0 aliphatic heterocycles. The van der Waals surface area contributed by atoms with Crippen LogP contribution in [-0.2, 0) is 4.74 Å². The second kappa shape index (κ2) is 7.30. The fourth-order valence-electron chi connectivity index (χ4n) is 2.26. The molecule has 0 aliphatic rings. The van der Waals surface area contributed by atoms with Crippen LogP contribution in [0.25, 0.3) is 0 Å². The van der Waals surface area contributed by atoms with Crippen LogP contribution in [0.5, 0.6) is 0 Å². The molecular weight excluding hydrogens is 264 g/mol. The zero-order valence-electron chi connectivity index (χ0n) is 13.2. The van der Waals surface area contributed by atoms with Gasteiger partial charge in [-0.3, -0.25) is 0 Å². The maximum atomic E-state index is 11.5. The van der Waals surface area contributed by atoms with Crippen LogP contribution in [0.1, 0.15) is 42.3 Å². The van der Waals surface area contributed by atoms with E-state index in [4.69, 9.17) is 4.74 Å². The van der Waals surface area contributed by atoms with Gasteiger partial charge in [0, 0.05) is 5.56 Å². The molecule has 20 heavy (non-hydrogen) atoms. The predicted octanol–water partition coefficient (Wildman–Crippen LogP) is 4.18. The van der Waals surface area contributed by atoms with Crippen LogP contribution in [0.15, 0.2) is 18.2 Å². The molecule has 0 fully saturated rings.